The number of piperazine rings is 1. The number of hydrogen-bond donors (Lipinski definition) is 1. The van der Waals surface area contributed by atoms with E-state index < -0.39 is 0 Å². The summed E-state index contributed by atoms with van der Waals surface area (Å²) in [7, 11) is 0. The summed E-state index contributed by atoms with van der Waals surface area (Å²) in [5.74, 6) is -0.107. The van der Waals surface area contributed by atoms with Crippen molar-refractivity contribution in [3.05, 3.63) is 40.3 Å². The number of benzene rings is 1. The number of carbonyl (C=O) groups excluding carboxylic acids is 2. The van der Waals surface area contributed by atoms with Crippen LogP contribution in [0.2, 0.25) is 0 Å². The third kappa shape index (κ3) is 3.96. The van der Waals surface area contributed by atoms with Crippen LogP contribution in [-0.4, -0.2) is 69.7 Å². The zero-order chi connectivity index (χ0) is 21.4. The van der Waals surface area contributed by atoms with Crippen molar-refractivity contribution in [2.45, 2.75) is 51.7 Å². The van der Waals surface area contributed by atoms with Crippen LogP contribution in [0.3, 0.4) is 0 Å². The lowest BCUT2D eigenvalue weighted by Gasteiger charge is -2.37. The average molecular weight is 412 g/mol. The fourth-order valence-electron chi connectivity index (χ4n) is 3.89. The minimum atomic E-state index is -0.204. The Morgan fingerprint density at radius 2 is 1.67 bits per heavy atom. The molecule has 1 aromatic carbocycles. The van der Waals surface area contributed by atoms with E-state index in [4.69, 9.17) is 0 Å². The third-order valence-corrected chi connectivity index (χ3v) is 5.97. The van der Waals surface area contributed by atoms with E-state index >= 15 is 0 Å². The summed E-state index contributed by atoms with van der Waals surface area (Å²) in [5.41, 5.74) is 0.129. The molecule has 1 aliphatic heterocycles. The SMILES string of the molecule is CC(C(=O)NC1CC1)N1CCN(C(=O)c2nn(C(C)C)c(=O)c3ccccc23)CC1. The predicted molar refractivity (Wildman–Crippen MR) is 114 cm³/mol. The Kier molecular flexibility index (Phi) is 5.60. The molecule has 1 saturated heterocycles. The lowest BCUT2D eigenvalue weighted by molar-refractivity contribution is -0.126. The summed E-state index contributed by atoms with van der Waals surface area (Å²) >= 11 is 0. The van der Waals surface area contributed by atoms with E-state index in [1.54, 1.807) is 23.1 Å². The Hall–Kier alpha value is -2.74. The largest absolute Gasteiger partial charge is 0.352 e. The molecule has 30 heavy (non-hydrogen) atoms. The molecule has 1 unspecified atom stereocenters. The predicted octanol–water partition coefficient (Wildman–Crippen LogP) is 1.40. The molecule has 160 valence electrons. The first-order chi connectivity index (χ1) is 14.4. The van der Waals surface area contributed by atoms with Crippen molar-refractivity contribution < 1.29 is 9.59 Å². The molecule has 1 aliphatic carbocycles. The minimum Gasteiger partial charge on any atom is -0.352 e. The van der Waals surface area contributed by atoms with Gasteiger partial charge in [0.2, 0.25) is 5.91 Å². The highest BCUT2D eigenvalue weighted by Gasteiger charge is 2.32. The monoisotopic (exact) mass is 411 g/mol. The molecule has 0 bridgehead atoms. The Morgan fingerprint density at radius 3 is 2.27 bits per heavy atom. The third-order valence-electron chi connectivity index (χ3n) is 5.97. The first-order valence-corrected chi connectivity index (χ1v) is 10.7. The van der Waals surface area contributed by atoms with E-state index in [9.17, 15) is 14.4 Å². The van der Waals surface area contributed by atoms with Gasteiger partial charge in [-0.15, -0.1) is 0 Å². The molecule has 8 heteroatoms. The lowest BCUT2D eigenvalue weighted by atomic mass is 10.1. The summed E-state index contributed by atoms with van der Waals surface area (Å²) in [6, 6.07) is 7.14. The van der Waals surface area contributed by atoms with Crippen molar-refractivity contribution in [1.29, 1.82) is 0 Å². The Labute approximate surface area is 175 Å². The molecule has 2 heterocycles. The first kappa shape index (κ1) is 20.5. The molecule has 1 saturated carbocycles. The maximum absolute atomic E-state index is 13.3. The highest BCUT2D eigenvalue weighted by molar-refractivity contribution is 6.04. The van der Waals surface area contributed by atoms with Crippen molar-refractivity contribution in [3.8, 4) is 0 Å². The lowest BCUT2D eigenvalue weighted by Crippen LogP contribution is -2.55. The van der Waals surface area contributed by atoms with Crippen LogP contribution in [0.1, 0.15) is 50.1 Å². The van der Waals surface area contributed by atoms with E-state index in [2.05, 4.69) is 15.3 Å². The Balaban J connectivity index is 1.52. The highest BCUT2D eigenvalue weighted by Crippen LogP contribution is 2.20. The Morgan fingerprint density at radius 1 is 1.03 bits per heavy atom. The van der Waals surface area contributed by atoms with Gasteiger partial charge in [0, 0.05) is 37.6 Å². The number of nitrogens with zero attached hydrogens (tertiary/aromatic N) is 4. The van der Waals surface area contributed by atoms with Gasteiger partial charge in [0.05, 0.1) is 17.5 Å². The van der Waals surface area contributed by atoms with E-state index in [0.717, 1.165) is 12.8 Å². The van der Waals surface area contributed by atoms with Crippen LogP contribution in [-0.2, 0) is 4.79 Å². The Bertz CT molecular complexity index is 1020. The first-order valence-electron chi connectivity index (χ1n) is 10.7. The standard InChI is InChI=1S/C22H29N5O3/c1-14(2)27-21(29)18-7-5-4-6-17(18)19(24-27)22(30)26-12-10-25(11-13-26)15(3)20(28)23-16-8-9-16/h4-7,14-16H,8-13H2,1-3H3,(H,23,28). The van der Waals surface area contributed by atoms with Crippen LogP contribution < -0.4 is 10.9 Å². The number of nitrogens with one attached hydrogen (secondary N) is 1. The van der Waals surface area contributed by atoms with Crippen LogP contribution in [0.25, 0.3) is 10.8 Å². The van der Waals surface area contributed by atoms with Crippen LogP contribution in [0, 0.1) is 0 Å². The van der Waals surface area contributed by atoms with Gasteiger partial charge in [-0.05, 0) is 39.7 Å². The van der Waals surface area contributed by atoms with E-state index in [0.29, 0.717) is 48.7 Å². The summed E-state index contributed by atoms with van der Waals surface area (Å²) in [5, 5.41) is 8.58. The second kappa shape index (κ2) is 8.18. The molecule has 1 N–H and O–H groups in total. The number of hydrogen-bond acceptors (Lipinski definition) is 5. The van der Waals surface area contributed by atoms with Gasteiger partial charge in [-0.25, -0.2) is 4.68 Å². The smallest absolute Gasteiger partial charge is 0.275 e. The molecule has 1 aromatic heterocycles. The van der Waals surface area contributed by atoms with Gasteiger partial charge >= 0.3 is 0 Å². The van der Waals surface area contributed by atoms with Gasteiger partial charge in [0.15, 0.2) is 5.69 Å². The van der Waals surface area contributed by atoms with E-state index in [1.165, 1.54) is 4.68 Å². The normalized spacial score (nSPS) is 18.6. The second-order valence-corrected chi connectivity index (χ2v) is 8.52. The zero-order valence-corrected chi connectivity index (χ0v) is 17.8. The van der Waals surface area contributed by atoms with Crippen molar-refractivity contribution >= 4 is 22.6 Å². The molecule has 2 amide bonds. The maximum Gasteiger partial charge on any atom is 0.275 e. The molecule has 1 atom stereocenters. The molecule has 2 fully saturated rings. The maximum atomic E-state index is 13.3. The minimum absolute atomic E-state index is 0.0638. The van der Waals surface area contributed by atoms with Gasteiger partial charge in [-0.3, -0.25) is 19.3 Å². The summed E-state index contributed by atoms with van der Waals surface area (Å²) in [6.45, 7) is 7.99. The van der Waals surface area contributed by atoms with Crippen molar-refractivity contribution in [2.24, 2.45) is 0 Å². The van der Waals surface area contributed by atoms with Gasteiger partial charge in [0.25, 0.3) is 11.5 Å². The zero-order valence-electron chi connectivity index (χ0n) is 17.8. The van der Waals surface area contributed by atoms with Gasteiger partial charge in [0.1, 0.15) is 0 Å². The molecular formula is C22H29N5O3. The van der Waals surface area contributed by atoms with Crippen molar-refractivity contribution in [1.82, 2.24) is 24.9 Å². The summed E-state index contributed by atoms with van der Waals surface area (Å²) in [6.07, 6.45) is 2.14. The van der Waals surface area contributed by atoms with Gasteiger partial charge in [-0.1, -0.05) is 18.2 Å². The fourth-order valence-corrected chi connectivity index (χ4v) is 3.89. The molecule has 2 aliphatic rings. The number of amides is 2. The molecular weight excluding hydrogens is 382 g/mol. The quantitative estimate of drug-likeness (QED) is 0.804. The van der Waals surface area contributed by atoms with Crippen LogP contribution in [0.5, 0.6) is 0 Å². The molecule has 0 radical (unpaired) electrons. The van der Waals surface area contributed by atoms with E-state index in [1.807, 2.05) is 26.8 Å². The van der Waals surface area contributed by atoms with Crippen LogP contribution in [0.4, 0.5) is 0 Å². The van der Waals surface area contributed by atoms with E-state index in [-0.39, 0.29) is 29.5 Å². The van der Waals surface area contributed by atoms with Crippen molar-refractivity contribution in [3.63, 3.8) is 0 Å². The van der Waals surface area contributed by atoms with Crippen LogP contribution >= 0.6 is 0 Å². The topological polar surface area (TPSA) is 87.5 Å². The molecule has 2 aromatic rings. The van der Waals surface area contributed by atoms with Gasteiger partial charge < -0.3 is 10.2 Å². The molecule has 0 spiro atoms. The second-order valence-electron chi connectivity index (χ2n) is 8.52. The highest BCUT2D eigenvalue weighted by atomic mass is 16.2. The molecule has 8 nitrogen and oxygen atoms in total. The summed E-state index contributed by atoms with van der Waals surface area (Å²) < 4.78 is 1.39. The number of fused-ring (bicyclic) bond motifs is 1. The average Bonchev–Trinajstić information content (AvgIpc) is 3.57. The fraction of sp³-hybridized carbons (Fsp3) is 0.545. The van der Waals surface area contributed by atoms with Crippen LogP contribution in [0.15, 0.2) is 29.1 Å². The number of rotatable bonds is 5. The number of aromatic nitrogens is 2. The molecule has 4 rings (SSSR count). The number of carbonyl (C=O) groups is 2. The summed E-state index contributed by atoms with van der Waals surface area (Å²) in [4.78, 5) is 42.2. The van der Waals surface area contributed by atoms with Gasteiger partial charge in [-0.2, -0.15) is 5.10 Å². The van der Waals surface area contributed by atoms with Crippen molar-refractivity contribution in [2.75, 3.05) is 26.2 Å².